The summed E-state index contributed by atoms with van der Waals surface area (Å²) in [5.41, 5.74) is 5.70. The van der Waals surface area contributed by atoms with E-state index in [4.69, 9.17) is 15.0 Å². The molecule has 3 rings (SSSR count). The summed E-state index contributed by atoms with van der Waals surface area (Å²) in [6, 6.07) is 0. The summed E-state index contributed by atoms with van der Waals surface area (Å²) in [4.78, 5) is 14.6. The smallest absolute Gasteiger partial charge is 0.240 e. The molecule has 1 fully saturated rings. The van der Waals surface area contributed by atoms with Gasteiger partial charge in [-0.15, -0.1) is 23.7 Å². The van der Waals surface area contributed by atoms with Crippen molar-refractivity contribution in [3.63, 3.8) is 0 Å². The highest BCUT2D eigenvalue weighted by atomic mass is 35.5. The fraction of sp³-hybridized carbons (Fsp3) is 0.667. The number of aromatic nitrogens is 3. The van der Waals surface area contributed by atoms with Crippen molar-refractivity contribution in [3.8, 4) is 0 Å². The maximum absolute atomic E-state index is 5.70. The van der Waals surface area contributed by atoms with Gasteiger partial charge in [0.25, 0.3) is 0 Å². The summed E-state index contributed by atoms with van der Waals surface area (Å²) in [6.45, 7) is 7.59. The van der Waals surface area contributed by atoms with Crippen molar-refractivity contribution < 1.29 is 9.26 Å². The summed E-state index contributed by atoms with van der Waals surface area (Å²) in [5.74, 6) is 1.25. The second kappa shape index (κ2) is 9.44. The number of nitrogens with two attached hydrogens (primary N) is 1. The number of hydrogen-bond donors (Lipinski definition) is 1. The van der Waals surface area contributed by atoms with Crippen LogP contribution in [0.1, 0.15) is 36.0 Å². The monoisotopic (exact) mass is 388 g/mol. The molecule has 25 heavy (non-hydrogen) atoms. The highest BCUT2D eigenvalue weighted by Crippen LogP contribution is 2.18. The third-order valence-electron chi connectivity index (χ3n) is 4.19. The molecular weight excluding hydrogens is 364 g/mol. The topological polar surface area (TPSA) is 93.5 Å². The number of halogens is 1. The van der Waals surface area contributed by atoms with Gasteiger partial charge in [0.2, 0.25) is 5.89 Å². The lowest BCUT2D eigenvalue weighted by Gasteiger charge is -2.20. The number of anilines is 1. The lowest BCUT2D eigenvalue weighted by Crippen LogP contribution is -2.30. The number of methoxy groups -OCH3 is 1. The van der Waals surface area contributed by atoms with E-state index in [1.807, 2.05) is 13.1 Å². The first-order valence-corrected chi connectivity index (χ1v) is 8.96. The predicted molar refractivity (Wildman–Crippen MR) is 98.7 cm³/mol. The van der Waals surface area contributed by atoms with E-state index in [2.05, 4.69) is 24.9 Å². The highest BCUT2D eigenvalue weighted by Gasteiger charge is 2.19. The van der Waals surface area contributed by atoms with Crippen LogP contribution in [0, 0.1) is 0 Å². The molecule has 1 atom stereocenters. The molecule has 3 heterocycles. The van der Waals surface area contributed by atoms with Gasteiger partial charge in [0.05, 0.1) is 6.54 Å². The molecular formula is C15H25ClN6O2S. The number of rotatable bonds is 6. The van der Waals surface area contributed by atoms with Gasteiger partial charge in [0.15, 0.2) is 11.0 Å². The molecule has 0 amide bonds. The summed E-state index contributed by atoms with van der Waals surface area (Å²) < 4.78 is 10.6. The van der Waals surface area contributed by atoms with E-state index in [1.54, 1.807) is 18.4 Å². The van der Waals surface area contributed by atoms with Crippen molar-refractivity contribution >= 4 is 28.9 Å². The largest absolute Gasteiger partial charge is 0.375 e. The van der Waals surface area contributed by atoms with E-state index >= 15 is 0 Å². The first-order chi connectivity index (χ1) is 11.6. The lowest BCUT2D eigenvalue weighted by atomic mass is 10.3. The van der Waals surface area contributed by atoms with Crippen molar-refractivity contribution in [1.29, 1.82) is 0 Å². The Hall–Kier alpha value is -1.26. The summed E-state index contributed by atoms with van der Waals surface area (Å²) in [7, 11) is 1.64. The van der Waals surface area contributed by atoms with Crippen molar-refractivity contribution in [1.82, 2.24) is 24.9 Å². The third-order valence-corrected chi connectivity index (χ3v) is 5.00. The Balaban J connectivity index is 0.00000225. The lowest BCUT2D eigenvalue weighted by molar-refractivity contribution is 0.109. The number of hydrogen-bond acceptors (Lipinski definition) is 9. The van der Waals surface area contributed by atoms with Gasteiger partial charge in [0, 0.05) is 37.8 Å². The van der Waals surface area contributed by atoms with Crippen LogP contribution in [0.5, 0.6) is 0 Å². The first kappa shape index (κ1) is 20.1. The van der Waals surface area contributed by atoms with E-state index in [0.717, 1.165) is 39.1 Å². The normalized spacial score (nSPS) is 17.8. The Morgan fingerprint density at radius 3 is 2.64 bits per heavy atom. The van der Waals surface area contributed by atoms with Gasteiger partial charge in [-0.05, 0) is 26.4 Å². The van der Waals surface area contributed by atoms with Crippen LogP contribution in [-0.4, -0.2) is 58.2 Å². The first-order valence-electron chi connectivity index (χ1n) is 8.14. The Morgan fingerprint density at radius 1 is 1.28 bits per heavy atom. The molecule has 140 valence electrons. The fourth-order valence-corrected chi connectivity index (χ4v) is 3.48. The van der Waals surface area contributed by atoms with Gasteiger partial charge >= 0.3 is 0 Å². The van der Waals surface area contributed by atoms with Gasteiger partial charge in [-0.3, -0.25) is 9.80 Å². The molecule has 0 spiro atoms. The molecule has 2 aromatic rings. The number of ether oxygens (including phenoxy) is 1. The number of nitrogen functional groups attached to an aromatic ring is 1. The molecule has 2 N–H and O–H groups in total. The van der Waals surface area contributed by atoms with Crippen molar-refractivity contribution in [3.05, 3.63) is 22.8 Å². The van der Waals surface area contributed by atoms with Crippen molar-refractivity contribution in [2.75, 3.05) is 39.0 Å². The van der Waals surface area contributed by atoms with Gasteiger partial charge in [0.1, 0.15) is 6.10 Å². The maximum Gasteiger partial charge on any atom is 0.240 e. The molecule has 0 aromatic carbocycles. The standard InChI is InChI=1S/C15H24N6O2S.ClH/c1-11(22-2)14-18-13(23-19-14)10-21-5-3-4-20(6-7-21)9-12-8-17-15(16)24-12;/h8,11H,3-7,9-10H2,1-2H3,(H2,16,17);1H. The fourth-order valence-electron chi connectivity index (χ4n) is 2.75. The van der Waals surface area contributed by atoms with Gasteiger partial charge in [-0.2, -0.15) is 4.98 Å². The quantitative estimate of drug-likeness (QED) is 0.802. The Kier molecular flexibility index (Phi) is 7.57. The molecule has 10 heteroatoms. The second-order valence-electron chi connectivity index (χ2n) is 5.99. The van der Waals surface area contributed by atoms with E-state index in [0.29, 0.717) is 23.4 Å². The van der Waals surface area contributed by atoms with E-state index in [-0.39, 0.29) is 18.5 Å². The predicted octanol–water partition coefficient (Wildman–Crippen LogP) is 1.95. The second-order valence-corrected chi connectivity index (χ2v) is 7.14. The minimum absolute atomic E-state index is 0. The summed E-state index contributed by atoms with van der Waals surface area (Å²) >= 11 is 1.57. The zero-order valence-corrected chi connectivity index (χ0v) is 16.2. The van der Waals surface area contributed by atoms with Crippen LogP contribution in [-0.2, 0) is 17.8 Å². The van der Waals surface area contributed by atoms with Gasteiger partial charge < -0.3 is 15.0 Å². The molecule has 1 aliphatic rings. The van der Waals surface area contributed by atoms with Crippen molar-refractivity contribution in [2.45, 2.75) is 32.5 Å². The van der Waals surface area contributed by atoms with Crippen LogP contribution in [0.25, 0.3) is 0 Å². The molecule has 1 aliphatic heterocycles. The Morgan fingerprint density at radius 2 is 2.00 bits per heavy atom. The Bertz CT molecular complexity index is 652. The molecule has 8 nitrogen and oxygen atoms in total. The van der Waals surface area contributed by atoms with E-state index in [9.17, 15) is 0 Å². The molecule has 2 aromatic heterocycles. The number of thiazole rings is 1. The molecule has 0 bridgehead atoms. The minimum atomic E-state index is -0.144. The van der Waals surface area contributed by atoms with Crippen LogP contribution in [0.2, 0.25) is 0 Å². The maximum atomic E-state index is 5.70. The molecule has 0 radical (unpaired) electrons. The SMILES string of the molecule is COC(C)c1noc(CN2CCCN(Cc3cnc(N)s3)CC2)n1.Cl. The molecule has 1 saturated heterocycles. The zero-order valence-electron chi connectivity index (χ0n) is 14.6. The summed E-state index contributed by atoms with van der Waals surface area (Å²) in [6.07, 6.45) is 2.84. The van der Waals surface area contributed by atoms with Crippen LogP contribution in [0.15, 0.2) is 10.7 Å². The van der Waals surface area contributed by atoms with Gasteiger partial charge in [-0.1, -0.05) is 5.16 Å². The third kappa shape index (κ3) is 5.61. The van der Waals surface area contributed by atoms with Crippen molar-refractivity contribution in [2.24, 2.45) is 0 Å². The molecule has 1 unspecified atom stereocenters. The van der Waals surface area contributed by atoms with Gasteiger partial charge in [-0.25, -0.2) is 4.98 Å². The average Bonchev–Trinajstić information content (AvgIpc) is 3.14. The summed E-state index contributed by atoms with van der Waals surface area (Å²) in [5, 5.41) is 4.62. The van der Waals surface area contributed by atoms with Crippen LogP contribution < -0.4 is 5.73 Å². The zero-order chi connectivity index (χ0) is 16.9. The van der Waals surface area contributed by atoms with E-state index in [1.165, 1.54) is 4.88 Å². The molecule has 0 aliphatic carbocycles. The number of nitrogens with zero attached hydrogens (tertiary/aromatic N) is 5. The average molecular weight is 389 g/mol. The van der Waals surface area contributed by atoms with E-state index < -0.39 is 0 Å². The minimum Gasteiger partial charge on any atom is -0.375 e. The van der Waals surface area contributed by atoms with Crippen LogP contribution >= 0.6 is 23.7 Å². The molecule has 0 saturated carbocycles. The highest BCUT2D eigenvalue weighted by molar-refractivity contribution is 7.15. The Labute approximate surface area is 157 Å². The van der Waals surface area contributed by atoms with Crippen LogP contribution in [0.4, 0.5) is 5.13 Å². The van der Waals surface area contributed by atoms with Crippen LogP contribution in [0.3, 0.4) is 0 Å².